The van der Waals surface area contributed by atoms with Gasteiger partial charge in [-0.2, -0.15) is 0 Å². The van der Waals surface area contributed by atoms with Crippen LogP contribution in [0.3, 0.4) is 0 Å². The number of nitrogens with one attached hydrogen (secondary N) is 2. The van der Waals surface area contributed by atoms with E-state index >= 15 is 0 Å². The lowest BCUT2D eigenvalue weighted by atomic mass is 10.1. The van der Waals surface area contributed by atoms with E-state index in [1.807, 2.05) is 23.9 Å². The lowest BCUT2D eigenvalue weighted by Crippen LogP contribution is -2.33. The van der Waals surface area contributed by atoms with E-state index in [4.69, 9.17) is 0 Å². The van der Waals surface area contributed by atoms with E-state index in [-0.39, 0.29) is 0 Å². The van der Waals surface area contributed by atoms with Gasteiger partial charge in [0.2, 0.25) is 10.0 Å². The number of fused-ring (bicyclic) bond motifs is 1. The summed E-state index contributed by atoms with van der Waals surface area (Å²) in [4.78, 5) is 1.32. The lowest BCUT2D eigenvalue weighted by molar-refractivity contribution is 0.561. The molecule has 0 aromatic heterocycles. The molecule has 1 atom stereocenters. The van der Waals surface area contributed by atoms with Gasteiger partial charge in [0.1, 0.15) is 0 Å². The minimum Gasteiger partial charge on any atom is -0.308 e. The molecule has 0 saturated carbocycles. The van der Waals surface area contributed by atoms with E-state index < -0.39 is 10.0 Å². The third kappa shape index (κ3) is 3.70. The number of benzene rings is 1. The molecule has 2 rings (SSSR count). The second-order valence-corrected chi connectivity index (χ2v) is 6.92. The van der Waals surface area contributed by atoms with E-state index in [2.05, 4.69) is 22.2 Å². The van der Waals surface area contributed by atoms with Crippen LogP contribution in [0.1, 0.15) is 11.6 Å². The Morgan fingerprint density at radius 1 is 1.35 bits per heavy atom. The molecule has 0 fully saturated rings. The molecule has 17 heavy (non-hydrogen) atoms. The summed E-state index contributed by atoms with van der Waals surface area (Å²) in [6.07, 6.45) is 1.17. The Balaban J connectivity index is 1.82. The van der Waals surface area contributed by atoms with Crippen LogP contribution < -0.4 is 10.0 Å². The van der Waals surface area contributed by atoms with Gasteiger partial charge in [-0.05, 0) is 11.6 Å². The molecule has 0 amide bonds. The number of rotatable bonds is 5. The molecule has 2 N–H and O–H groups in total. The zero-order valence-corrected chi connectivity index (χ0v) is 11.3. The maximum absolute atomic E-state index is 10.9. The summed E-state index contributed by atoms with van der Waals surface area (Å²) in [6.45, 7) is 1.08. The van der Waals surface area contributed by atoms with E-state index in [0.717, 1.165) is 5.75 Å². The molecule has 1 unspecified atom stereocenters. The Morgan fingerprint density at radius 3 is 2.88 bits per heavy atom. The predicted octanol–water partition coefficient (Wildman–Crippen LogP) is 0.972. The third-order valence-electron chi connectivity index (χ3n) is 2.58. The smallest absolute Gasteiger partial charge is 0.208 e. The highest BCUT2D eigenvalue weighted by Crippen LogP contribution is 2.37. The van der Waals surface area contributed by atoms with Crippen molar-refractivity contribution in [1.29, 1.82) is 0 Å². The Morgan fingerprint density at radius 2 is 2.12 bits per heavy atom. The van der Waals surface area contributed by atoms with Crippen LogP contribution >= 0.6 is 11.8 Å². The Labute approximate surface area is 106 Å². The quantitative estimate of drug-likeness (QED) is 0.784. The maximum atomic E-state index is 10.9. The summed E-state index contributed by atoms with van der Waals surface area (Å²) in [5.41, 5.74) is 1.32. The second kappa shape index (κ2) is 5.39. The van der Waals surface area contributed by atoms with Gasteiger partial charge in [-0.25, -0.2) is 13.1 Å². The largest absolute Gasteiger partial charge is 0.308 e. The fourth-order valence-electron chi connectivity index (χ4n) is 1.81. The van der Waals surface area contributed by atoms with Crippen LogP contribution in [0.4, 0.5) is 0 Å². The van der Waals surface area contributed by atoms with E-state index in [9.17, 15) is 8.42 Å². The van der Waals surface area contributed by atoms with E-state index in [1.165, 1.54) is 16.7 Å². The fourth-order valence-corrected chi connectivity index (χ4v) is 3.48. The van der Waals surface area contributed by atoms with Gasteiger partial charge >= 0.3 is 0 Å². The predicted molar refractivity (Wildman–Crippen MR) is 70.8 cm³/mol. The number of hydrogen-bond acceptors (Lipinski definition) is 4. The van der Waals surface area contributed by atoms with Crippen molar-refractivity contribution in [3.05, 3.63) is 29.8 Å². The molecule has 6 heteroatoms. The Bertz CT molecular complexity index is 488. The minimum absolute atomic E-state index is 0.331. The van der Waals surface area contributed by atoms with E-state index in [1.54, 1.807) is 0 Å². The first-order valence-electron chi connectivity index (χ1n) is 5.46. The Hall–Kier alpha value is -0.560. The lowest BCUT2D eigenvalue weighted by Gasteiger charge is -2.13. The van der Waals surface area contributed by atoms with Crippen LogP contribution in [-0.2, 0) is 10.0 Å². The van der Waals surface area contributed by atoms with Gasteiger partial charge in [0, 0.05) is 29.8 Å². The van der Waals surface area contributed by atoms with Crippen LogP contribution in [0.25, 0.3) is 0 Å². The van der Waals surface area contributed by atoms with Gasteiger partial charge in [0.25, 0.3) is 0 Å². The molecule has 4 nitrogen and oxygen atoms in total. The van der Waals surface area contributed by atoms with Gasteiger partial charge in [-0.1, -0.05) is 18.2 Å². The zero-order chi connectivity index (χ0) is 12.3. The zero-order valence-electron chi connectivity index (χ0n) is 9.64. The standard InChI is InChI=1S/C11H16N2O2S2/c1-17(14,15)13-7-6-12-10-8-16-11-5-3-2-4-9(10)11/h2-5,10,12-13H,6-8H2,1H3. The van der Waals surface area contributed by atoms with Crippen molar-refractivity contribution in [3.8, 4) is 0 Å². The number of thioether (sulfide) groups is 1. The molecule has 0 saturated heterocycles. The number of sulfonamides is 1. The molecule has 0 radical (unpaired) electrons. The molecule has 1 aliphatic heterocycles. The highest BCUT2D eigenvalue weighted by atomic mass is 32.2. The summed E-state index contributed by atoms with van der Waals surface area (Å²) in [6, 6.07) is 8.65. The molecule has 94 valence electrons. The van der Waals surface area contributed by atoms with Crippen LogP contribution in [0.15, 0.2) is 29.2 Å². The topological polar surface area (TPSA) is 58.2 Å². The second-order valence-electron chi connectivity index (χ2n) is 4.02. The summed E-state index contributed by atoms with van der Waals surface area (Å²) < 4.78 is 24.2. The highest BCUT2D eigenvalue weighted by molar-refractivity contribution is 7.99. The third-order valence-corrected chi connectivity index (χ3v) is 4.49. The van der Waals surface area contributed by atoms with Gasteiger partial charge in [-0.15, -0.1) is 11.8 Å². The first-order chi connectivity index (χ1) is 8.06. The molecule has 1 aromatic carbocycles. The van der Waals surface area contributed by atoms with Crippen molar-refractivity contribution in [1.82, 2.24) is 10.0 Å². The van der Waals surface area contributed by atoms with Crippen LogP contribution in [0.5, 0.6) is 0 Å². The van der Waals surface area contributed by atoms with Gasteiger partial charge < -0.3 is 5.32 Å². The van der Waals surface area contributed by atoms with Crippen LogP contribution in [-0.4, -0.2) is 33.5 Å². The SMILES string of the molecule is CS(=O)(=O)NCCNC1CSc2ccccc21. The normalized spacial score (nSPS) is 19.2. The average Bonchev–Trinajstić information content (AvgIpc) is 2.67. The monoisotopic (exact) mass is 272 g/mol. The molecule has 1 aliphatic rings. The molecule has 1 heterocycles. The molecule has 0 spiro atoms. The van der Waals surface area contributed by atoms with Gasteiger partial charge in [0.05, 0.1) is 6.26 Å². The summed E-state index contributed by atoms with van der Waals surface area (Å²) in [5, 5.41) is 3.36. The van der Waals surface area contributed by atoms with Crippen molar-refractivity contribution in [2.45, 2.75) is 10.9 Å². The summed E-state index contributed by atoms with van der Waals surface area (Å²) in [7, 11) is -3.08. The molecule has 1 aromatic rings. The van der Waals surface area contributed by atoms with Crippen LogP contribution in [0, 0.1) is 0 Å². The number of hydrogen-bond donors (Lipinski definition) is 2. The molecular formula is C11H16N2O2S2. The minimum atomic E-state index is -3.08. The van der Waals surface area contributed by atoms with E-state index in [0.29, 0.717) is 19.1 Å². The van der Waals surface area contributed by atoms with Crippen molar-refractivity contribution in [2.75, 3.05) is 25.1 Å². The van der Waals surface area contributed by atoms with Gasteiger partial charge in [-0.3, -0.25) is 0 Å². The molecular weight excluding hydrogens is 256 g/mol. The summed E-state index contributed by atoms with van der Waals surface area (Å²) >= 11 is 1.84. The van der Waals surface area contributed by atoms with Crippen LogP contribution in [0.2, 0.25) is 0 Å². The summed E-state index contributed by atoms with van der Waals surface area (Å²) in [5.74, 6) is 1.01. The first-order valence-corrected chi connectivity index (χ1v) is 8.34. The molecule has 0 aliphatic carbocycles. The first kappa shape index (κ1) is 12.9. The highest BCUT2D eigenvalue weighted by Gasteiger charge is 2.21. The van der Waals surface area contributed by atoms with Crippen molar-refractivity contribution >= 4 is 21.8 Å². The van der Waals surface area contributed by atoms with Gasteiger partial charge in [0.15, 0.2) is 0 Å². The Kier molecular flexibility index (Phi) is 4.09. The van der Waals surface area contributed by atoms with Crippen molar-refractivity contribution in [3.63, 3.8) is 0 Å². The molecule has 0 bridgehead atoms. The maximum Gasteiger partial charge on any atom is 0.208 e. The van der Waals surface area contributed by atoms with Crippen molar-refractivity contribution < 1.29 is 8.42 Å². The van der Waals surface area contributed by atoms with Crippen molar-refractivity contribution in [2.24, 2.45) is 0 Å². The average molecular weight is 272 g/mol. The fraction of sp³-hybridized carbons (Fsp3) is 0.455.